The van der Waals surface area contributed by atoms with E-state index in [1.54, 1.807) is 25.3 Å². The van der Waals surface area contributed by atoms with E-state index in [-0.39, 0.29) is 16.5 Å². The number of benzene rings is 2. The predicted octanol–water partition coefficient (Wildman–Crippen LogP) is 3.98. The average molecular weight is 346 g/mol. The lowest BCUT2D eigenvalue weighted by Crippen LogP contribution is -2.10. The van der Waals surface area contributed by atoms with Crippen LogP contribution in [0.15, 0.2) is 53.3 Å². The molecule has 24 heavy (non-hydrogen) atoms. The molecule has 0 spiro atoms. The number of hydrogen-bond acceptors (Lipinski definition) is 4. The fraction of sp³-hybridized carbons (Fsp3) is 0.0588. The smallest absolute Gasteiger partial charge is 0.252 e. The number of halogens is 2. The largest absolute Gasteiger partial charge is 0.497 e. The molecule has 3 rings (SSSR count). The molecule has 0 saturated heterocycles. The number of anilines is 2. The van der Waals surface area contributed by atoms with E-state index >= 15 is 0 Å². The number of H-pyrrole nitrogens is 1. The molecule has 7 heteroatoms. The molecule has 0 saturated carbocycles. The highest BCUT2D eigenvalue weighted by Crippen LogP contribution is 2.26. The zero-order chi connectivity index (χ0) is 17.1. The van der Waals surface area contributed by atoms with E-state index in [1.165, 1.54) is 24.3 Å². The summed E-state index contributed by atoms with van der Waals surface area (Å²) in [6, 6.07) is 12.5. The van der Waals surface area contributed by atoms with Crippen molar-refractivity contribution in [2.45, 2.75) is 0 Å². The Balaban J connectivity index is 1.98. The molecular weight excluding hydrogens is 333 g/mol. The van der Waals surface area contributed by atoms with Crippen molar-refractivity contribution in [2.75, 3.05) is 12.4 Å². The summed E-state index contributed by atoms with van der Waals surface area (Å²) in [5, 5.41) is 3.07. The normalized spacial score (nSPS) is 10.5. The molecule has 1 aromatic heterocycles. The molecule has 0 radical (unpaired) electrons. The second-order valence-electron chi connectivity index (χ2n) is 4.96. The van der Waals surface area contributed by atoms with E-state index in [1.807, 2.05) is 6.07 Å². The zero-order valence-electron chi connectivity index (χ0n) is 12.6. The Morgan fingerprint density at radius 2 is 2.04 bits per heavy atom. The fourth-order valence-corrected chi connectivity index (χ4v) is 2.38. The molecule has 0 unspecified atom stereocenters. The molecule has 0 amide bonds. The molecule has 0 bridgehead atoms. The molecule has 1 heterocycles. The van der Waals surface area contributed by atoms with Crippen molar-refractivity contribution >= 4 is 23.2 Å². The van der Waals surface area contributed by atoms with Gasteiger partial charge in [-0.1, -0.05) is 23.7 Å². The summed E-state index contributed by atoms with van der Waals surface area (Å²) in [5.74, 6) is 0.414. The first kappa shape index (κ1) is 16.0. The number of nitrogens with zero attached hydrogens (tertiary/aromatic N) is 1. The van der Waals surface area contributed by atoms with Gasteiger partial charge in [0.15, 0.2) is 0 Å². The van der Waals surface area contributed by atoms with E-state index in [4.69, 9.17) is 16.3 Å². The van der Waals surface area contributed by atoms with Crippen LogP contribution < -0.4 is 15.6 Å². The van der Waals surface area contributed by atoms with Gasteiger partial charge in [0.05, 0.1) is 23.5 Å². The highest BCUT2D eigenvalue weighted by atomic mass is 35.5. The second kappa shape index (κ2) is 6.72. The Bertz CT molecular complexity index is 943. The average Bonchev–Trinajstić information content (AvgIpc) is 2.57. The van der Waals surface area contributed by atoms with E-state index < -0.39 is 5.82 Å². The van der Waals surface area contributed by atoms with Crippen LogP contribution >= 0.6 is 11.6 Å². The van der Waals surface area contributed by atoms with Crippen molar-refractivity contribution in [2.24, 2.45) is 0 Å². The van der Waals surface area contributed by atoms with E-state index in [0.717, 1.165) is 5.56 Å². The molecule has 2 aromatic carbocycles. The van der Waals surface area contributed by atoms with Crippen LogP contribution in [0, 0.1) is 5.82 Å². The van der Waals surface area contributed by atoms with Crippen molar-refractivity contribution in [3.8, 4) is 17.0 Å². The minimum atomic E-state index is -0.447. The third-order valence-corrected chi connectivity index (χ3v) is 3.60. The van der Waals surface area contributed by atoms with Crippen LogP contribution in [0.5, 0.6) is 5.75 Å². The first-order chi connectivity index (χ1) is 11.5. The summed E-state index contributed by atoms with van der Waals surface area (Å²) in [6.45, 7) is 0. The molecule has 5 nitrogen and oxygen atoms in total. The van der Waals surface area contributed by atoms with Gasteiger partial charge < -0.3 is 10.1 Å². The lowest BCUT2D eigenvalue weighted by atomic mass is 10.1. The topological polar surface area (TPSA) is 67.0 Å². The molecule has 0 fully saturated rings. The number of rotatable bonds is 4. The predicted molar refractivity (Wildman–Crippen MR) is 91.5 cm³/mol. The highest BCUT2D eigenvalue weighted by Gasteiger charge is 2.08. The van der Waals surface area contributed by atoms with E-state index in [0.29, 0.717) is 17.1 Å². The minimum absolute atomic E-state index is 0.185. The Morgan fingerprint density at radius 3 is 2.79 bits per heavy atom. The second-order valence-corrected chi connectivity index (χ2v) is 5.37. The number of aromatic amines is 1. The first-order valence-corrected chi connectivity index (χ1v) is 7.41. The summed E-state index contributed by atoms with van der Waals surface area (Å²) >= 11 is 5.98. The van der Waals surface area contributed by atoms with Gasteiger partial charge in [-0.25, -0.2) is 9.37 Å². The minimum Gasteiger partial charge on any atom is -0.497 e. The zero-order valence-corrected chi connectivity index (χ0v) is 13.4. The summed E-state index contributed by atoms with van der Waals surface area (Å²) in [7, 11) is 1.56. The maximum absolute atomic E-state index is 13.1. The van der Waals surface area contributed by atoms with Crippen LogP contribution in [-0.2, 0) is 0 Å². The number of hydrogen-bond donors (Lipinski definition) is 2. The molecule has 3 aromatic rings. The van der Waals surface area contributed by atoms with E-state index in [9.17, 15) is 9.18 Å². The van der Waals surface area contributed by atoms with Crippen LogP contribution in [0.3, 0.4) is 0 Å². The molecule has 122 valence electrons. The van der Waals surface area contributed by atoms with Crippen molar-refractivity contribution in [1.82, 2.24) is 9.97 Å². The number of ether oxygens (including phenoxy) is 1. The van der Waals surface area contributed by atoms with Gasteiger partial charge >= 0.3 is 0 Å². The molecule has 0 atom stereocenters. The summed E-state index contributed by atoms with van der Waals surface area (Å²) in [5.41, 5.74) is 1.31. The fourth-order valence-electron chi connectivity index (χ4n) is 2.17. The summed E-state index contributed by atoms with van der Waals surface area (Å²) in [4.78, 5) is 18.8. The van der Waals surface area contributed by atoms with Crippen molar-refractivity contribution in [1.29, 1.82) is 0 Å². The van der Waals surface area contributed by atoms with Gasteiger partial charge in [-0.2, -0.15) is 0 Å². The number of aromatic nitrogens is 2. The van der Waals surface area contributed by atoms with Crippen molar-refractivity contribution < 1.29 is 9.13 Å². The van der Waals surface area contributed by atoms with Gasteiger partial charge in [0.25, 0.3) is 5.56 Å². The Morgan fingerprint density at radius 1 is 1.21 bits per heavy atom. The third kappa shape index (κ3) is 3.55. The molecular formula is C17H13ClFN3O2. The SMILES string of the molecule is COc1cccc(-c2cc(=O)[nH]c(Nc3ccc(F)cc3Cl)n2)c1. The lowest BCUT2D eigenvalue weighted by molar-refractivity contribution is 0.415. The van der Waals surface area contributed by atoms with Crippen LogP contribution in [0.2, 0.25) is 5.02 Å². The summed E-state index contributed by atoms with van der Waals surface area (Å²) < 4.78 is 18.3. The lowest BCUT2D eigenvalue weighted by Gasteiger charge is -2.09. The quantitative estimate of drug-likeness (QED) is 0.750. The molecule has 0 aliphatic carbocycles. The van der Waals surface area contributed by atoms with Crippen LogP contribution in [0.25, 0.3) is 11.3 Å². The maximum atomic E-state index is 13.1. The Hall–Kier alpha value is -2.86. The summed E-state index contributed by atoms with van der Waals surface area (Å²) in [6.07, 6.45) is 0. The number of nitrogens with one attached hydrogen (secondary N) is 2. The van der Waals surface area contributed by atoms with Crippen LogP contribution in [-0.4, -0.2) is 17.1 Å². The standard InChI is InChI=1S/C17H13ClFN3O2/c1-24-12-4-2-3-10(7-12)15-9-16(23)22-17(21-15)20-14-6-5-11(19)8-13(14)18/h2-9H,1H3,(H2,20,21,22,23). The van der Waals surface area contributed by atoms with Gasteiger partial charge in [0.1, 0.15) is 11.6 Å². The van der Waals surface area contributed by atoms with Crippen LogP contribution in [0.4, 0.5) is 16.0 Å². The number of methoxy groups -OCH3 is 1. The Kier molecular flexibility index (Phi) is 4.48. The third-order valence-electron chi connectivity index (χ3n) is 3.29. The van der Waals surface area contributed by atoms with Gasteiger partial charge in [-0.05, 0) is 30.3 Å². The molecule has 0 aliphatic rings. The first-order valence-electron chi connectivity index (χ1n) is 7.03. The van der Waals surface area contributed by atoms with Gasteiger partial charge in [-0.3, -0.25) is 9.78 Å². The molecule has 0 aliphatic heterocycles. The maximum Gasteiger partial charge on any atom is 0.252 e. The monoisotopic (exact) mass is 345 g/mol. The highest BCUT2D eigenvalue weighted by molar-refractivity contribution is 6.33. The van der Waals surface area contributed by atoms with Gasteiger partial charge in [0.2, 0.25) is 5.95 Å². The van der Waals surface area contributed by atoms with E-state index in [2.05, 4.69) is 15.3 Å². The molecule has 2 N–H and O–H groups in total. The Labute approximate surface area is 142 Å². The van der Waals surface area contributed by atoms with Crippen molar-refractivity contribution in [3.63, 3.8) is 0 Å². The van der Waals surface area contributed by atoms with Gasteiger partial charge in [-0.15, -0.1) is 0 Å². The van der Waals surface area contributed by atoms with Crippen molar-refractivity contribution in [3.05, 3.63) is 69.7 Å². The van der Waals surface area contributed by atoms with Gasteiger partial charge in [0, 0.05) is 11.6 Å². The van der Waals surface area contributed by atoms with Crippen LogP contribution in [0.1, 0.15) is 0 Å².